The molecular formula is C49H90O5. The van der Waals surface area contributed by atoms with Crippen molar-refractivity contribution in [3.05, 3.63) is 36.5 Å². The molecule has 54 heavy (non-hydrogen) atoms. The largest absolute Gasteiger partial charge is 0.462 e. The van der Waals surface area contributed by atoms with E-state index in [9.17, 15) is 9.59 Å². The van der Waals surface area contributed by atoms with Crippen molar-refractivity contribution < 1.29 is 23.8 Å². The van der Waals surface area contributed by atoms with Crippen molar-refractivity contribution in [2.24, 2.45) is 0 Å². The molecule has 0 heterocycles. The highest BCUT2D eigenvalue weighted by atomic mass is 16.6. The summed E-state index contributed by atoms with van der Waals surface area (Å²) in [5.41, 5.74) is 0. The van der Waals surface area contributed by atoms with Crippen LogP contribution in [0, 0.1) is 0 Å². The first-order valence-electron chi connectivity index (χ1n) is 23.5. The van der Waals surface area contributed by atoms with Crippen LogP contribution in [0.15, 0.2) is 36.5 Å². The normalized spacial score (nSPS) is 12.4. The van der Waals surface area contributed by atoms with Crippen LogP contribution in [0.4, 0.5) is 0 Å². The van der Waals surface area contributed by atoms with Crippen LogP contribution in [-0.4, -0.2) is 37.9 Å². The van der Waals surface area contributed by atoms with Crippen LogP contribution in [0.1, 0.15) is 239 Å². The molecule has 0 aromatic rings. The van der Waals surface area contributed by atoms with Crippen molar-refractivity contribution in [3.63, 3.8) is 0 Å². The van der Waals surface area contributed by atoms with E-state index >= 15 is 0 Å². The van der Waals surface area contributed by atoms with E-state index in [1.165, 1.54) is 148 Å². The first-order chi connectivity index (χ1) is 26.6. The standard InChI is InChI=1S/C49H90O5/c1-4-7-10-13-16-19-22-24-26-29-32-35-38-41-44-52-45-47(54-49(51)43-40-37-34-31-27-21-18-15-12-9-6-3)46-53-48(50)42-39-36-33-30-28-25-23-20-17-14-11-8-5-2/h11,14,19-20,22-23,47H,4-10,12-13,15-18,21,24-46H2,1-3H3/b14-11-,22-19-,23-20-. The number of carbonyl (C=O) groups excluding carboxylic acids is 2. The smallest absolute Gasteiger partial charge is 0.306 e. The molecule has 316 valence electrons. The van der Waals surface area contributed by atoms with Gasteiger partial charge in [0.05, 0.1) is 6.61 Å². The first-order valence-corrected chi connectivity index (χ1v) is 23.5. The summed E-state index contributed by atoms with van der Waals surface area (Å²) in [5.74, 6) is -0.410. The van der Waals surface area contributed by atoms with E-state index in [1.54, 1.807) is 0 Å². The lowest BCUT2D eigenvalue weighted by molar-refractivity contribution is -0.163. The van der Waals surface area contributed by atoms with Gasteiger partial charge in [-0.05, 0) is 70.6 Å². The van der Waals surface area contributed by atoms with Gasteiger partial charge in [0, 0.05) is 19.4 Å². The molecule has 1 atom stereocenters. The number of carbonyl (C=O) groups is 2. The second-order valence-corrected chi connectivity index (χ2v) is 15.7. The van der Waals surface area contributed by atoms with Crippen LogP contribution in [-0.2, 0) is 23.8 Å². The highest BCUT2D eigenvalue weighted by Crippen LogP contribution is 2.14. The number of allylic oxidation sites excluding steroid dienone is 6. The van der Waals surface area contributed by atoms with Crippen LogP contribution in [0.5, 0.6) is 0 Å². The van der Waals surface area contributed by atoms with E-state index in [0.29, 0.717) is 19.4 Å². The Hall–Kier alpha value is -1.88. The molecule has 0 aliphatic rings. The summed E-state index contributed by atoms with van der Waals surface area (Å²) in [4.78, 5) is 25.2. The van der Waals surface area contributed by atoms with Gasteiger partial charge in [-0.2, -0.15) is 0 Å². The Balaban J connectivity index is 4.26. The zero-order chi connectivity index (χ0) is 39.3. The van der Waals surface area contributed by atoms with Crippen LogP contribution in [0.25, 0.3) is 0 Å². The monoisotopic (exact) mass is 759 g/mol. The number of esters is 2. The van der Waals surface area contributed by atoms with E-state index in [4.69, 9.17) is 14.2 Å². The van der Waals surface area contributed by atoms with Gasteiger partial charge in [0.25, 0.3) is 0 Å². The zero-order valence-corrected chi connectivity index (χ0v) is 36.2. The fourth-order valence-corrected chi connectivity index (χ4v) is 6.60. The Morgan fingerprint density at radius 3 is 1.33 bits per heavy atom. The van der Waals surface area contributed by atoms with Crippen molar-refractivity contribution in [3.8, 4) is 0 Å². The fraction of sp³-hybridized carbons (Fsp3) is 0.837. The molecule has 0 spiro atoms. The van der Waals surface area contributed by atoms with Crippen LogP contribution in [0.2, 0.25) is 0 Å². The van der Waals surface area contributed by atoms with E-state index in [1.807, 2.05) is 0 Å². The molecule has 0 amide bonds. The van der Waals surface area contributed by atoms with Gasteiger partial charge in [-0.25, -0.2) is 0 Å². The first kappa shape index (κ1) is 52.1. The predicted molar refractivity (Wildman–Crippen MR) is 233 cm³/mol. The third-order valence-electron chi connectivity index (χ3n) is 10.1. The van der Waals surface area contributed by atoms with Gasteiger partial charge in [-0.15, -0.1) is 0 Å². The minimum atomic E-state index is -0.538. The Morgan fingerprint density at radius 1 is 0.407 bits per heavy atom. The maximum atomic E-state index is 12.7. The van der Waals surface area contributed by atoms with E-state index in [0.717, 1.165) is 57.8 Å². The van der Waals surface area contributed by atoms with Crippen LogP contribution >= 0.6 is 0 Å². The van der Waals surface area contributed by atoms with Crippen molar-refractivity contribution in [1.82, 2.24) is 0 Å². The lowest BCUT2D eigenvalue weighted by atomic mass is 10.1. The quantitative estimate of drug-likeness (QED) is 0.0352. The molecule has 0 aromatic heterocycles. The number of hydrogen-bond donors (Lipinski definition) is 0. The van der Waals surface area contributed by atoms with Gasteiger partial charge < -0.3 is 14.2 Å². The second-order valence-electron chi connectivity index (χ2n) is 15.7. The highest BCUT2D eigenvalue weighted by Gasteiger charge is 2.17. The minimum absolute atomic E-state index is 0.0793. The van der Waals surface area contributed by atoms with Crippen molar-refractivity contribution in [2.45, 2.75) is 245 Å². The van der Waals surface area contributed by atoms with Crippen molar-refractivity contribution >= 4 is 11.9 Å². The molecule has 0 aliphatic heterocycles. The van der Waals surface area contributed by atoms with E-state index < -0.39 is 6.10 Å². The van der Waals surface area contributed by atoms with Gasteiger partial charge in [0.15, 0.2) is 6.10 Å². The summed E-state index contributed by atoms with van der Waals surface area (Å²) in [7, 11) is 0. The lowest BCUT2D eigenvalue weighted by Crippen LogP contribution is -2.30. The molecule has 0 radical (unpaired) electrons. The Labute approximate surface area is 336 Å². The lowest BCUT2D eigenvalue weighted by Gasteiger charge is -2.18. The summed E-state index contributed by atoms with van der Waals surface area (Å²) < 4.78 is 17.3. The molecule has 0 bridgehead atoms. The fourth-order valence-electron chi connectivity index (χ4n) is 6.60. The van der Waals surface area contributed by atoms with Gasteiger partial charge in [0.1, 0.15) is 6.61 Å². The predicted octanol–water partition coefficient (Wildman–Crippen LogP) is 15.4. The third-order valence-corrected chi connectivity index (χ3v) is 10.1. The molecule has 0 aliphatic carbocycles. The minimum Gasteiger partial charge on any atom is -0.462 e. The molecule has 0 N–H and O–H groups in total. The zero-order valence-electron chi connectivity index (χ0n) is 36.2. The summed E-state index contributed by atoms with van der Waals surface area (Å²) in [6, 6.07) is 0. The number of unbranched alkanes of at least 4 members (excludes halogenated alkanes) is 26. The number of hydrogen-bond acceptors (Lipinski definition) is 5. The Bertz CT molecular complexity index is 862. The average Bonchev–Trinajstić information content (AvgIpc) is 3.17. The topological polar surface area (TPSA) is 61.8 Å². The molecule has 5 heteroatoms. The molecule has 0 rings (SSSR count). The third kappa shape index (κ3) is 42.9. The maximum absolute atomic E-state index is 12.7. The van der Waals surface area contributed by atoms with Crippen molar-refractivity contribution in [2.75, 3.05) is 19.8 Å². The summed E-state index contributed by atoms with van der Waals surface area (Å²) in [5, 5.41) is 0. The van der Waals surface area contributed by atoms with Crippen LogP contribution < -0.4 is 0 Å². The molecular weight excluding hydrogens is 669 g/mol. The van der Waals surface area contributed by atoms with Gasteiger partial charge in [-0.3, -0.25) is 9.59 Å². The SMILES string of the molecule is CCC/C=C\C/C=C\CCCCCCCC(=O)OCC(COCCCCCCCC/C=C\CCCCCC)OC(=O)CCCCCCCCCCCCC. The summed E-state index contributed by atoms with van der Waals surface area (Å²) in [6.07, 6.45) is 52.8. The molecule has 0 saturated heterocycles. The molecule has 0 saturated carbocycles. The summed E-state index contributed by atoms with van der Waals surface area (Å²) in [6.45, 7) is 7.74. The second kappa shape index (κ2) is 45.5. The molecule has 0 fully saturated rings. The number of ether oxygens (including phenoxy) is 3. The van der Waals surface area contributed by atoms with Crippen molar-refractivity contribution in [1.29, 1.82) is 0 Å². The Kier molecular flexibility index (Phi) is 43.9. The average molecular weight is 759 g/mol. The maximum Gasteiger partial charge on any atom is 0.306 e. The van der Waals surface area contributed by atoms with Crippen LogP contribution in [0.3, 0.4) is 0 Å². The van der Waals surface area contributed by atoms with Gasteiger partial charge >= 0.3 is 11.9 Å². The molecule has 1 unspecified atom stereocenters. The van der Waals surface area contributed by atoms with Gasteiger partial charge in [0.2, 0.25) is 0 Å². The van der Waals surface area contributed by atoms with Gasteiger partial charge in [-0.1, -0.05) is 192 Å². The Morgan fingerprint density at radius 2 is 0.815 bits per heavy atom. The highest BCUT2D eigenvalue weighted by molar-refractivity contribution is 5.70. The van der Waals surface area contributed by atoms with E-state index in [-0.39, 0.29) is 25.2 Å². The number of rotatable bonds is 43. The molecule has 0 aromatic carbocycles. The molecule has 5 nitrogen and oxygen atoms in total. The van der Waals surface area contributed by atoms with E-state index in [2.05, 4.69) is 57.2 Å². The summed E-state index contributed by atoms with van der Waals surface area (Å²) >= 11 is 0.